The van der Waals surface area contributed by atoms with Gasteiger partial charge in [-0.05, 0) is 29.8 Å². The fraction of sp³-hybridized carbons (Fsp3) is 0.0714. The molecule has 0 amide bonds. The lowest BCUT2D eigenvalue weighted by atomic mass is 10.1. The fourth-order valence-electron chi connectivity index (χ4n) is 1.68. The second kappa shape index (κ2) is 6.17. The highest BCUT2D eigenvalue weighted by Gasteiger charge is 2.13. The van der Waals surface area contributed by atoms with Gasteiger partial charge in [0.15, 0.2) is 0 Å². The molecule has 0 aromatic heterocycles. The van der Waals surface area contributed by atoms with Crippen molar-refractivity contribution in [3.63, 3.8) is 0 Å². The number of nitro groups is 1. The van der Waals surface area contributed by atoms with E-state index < -0.39 is 10.7 Å². The van der Waals surface area contributed by atoms with Crippen molar-refractivity contribution in [2.24, 2.45) is 0 Å². The highest BCUT2D eigenvalue weighted by atomic mass is 32.2. The van der Waals surface area contributed by atoms with Gasteiger partial charge in [-0.15, -0.1) is 11.8 Å². The number of hydrogen-bond acceptors (Lipinski definition) is 4. The van der Waals surface area contributed by atoms with Crippen molar-refractivity contribution >= 4 is 17.4 Å². The predicted octanol–water partition coefficient (Wildman–Crippen LogP) is 3.90. The van der Waals surface area contributed by atoms with E-state index in [1.807, 2.05) is 6.07 Å². The van der Waals surface area contributed by atoms with Crippen LogP contribution in [0.25, 0.3) is 0 Å². The first-order valence-electron chi connectivity index (χ1n) is 5.66. The summed E-state index contributed by atoms with van der Waals surface area (Å²) in [6, 6.07) is 12.2. The molecule has 0 heterocycles. The Bertz CT molecular complexity index is 698. The maximum atomic E-state index is 13.2. The van der Waals surface area contributed by atoms with Gasteiger partial charge in [-0.1, -0.05) is 12.1 Å². The quantitative estimate of drug-likeness (QED) is 0.486. The highest BCUT2D eigenvalue weighted by Crippen LogP contribution is 2.31. The lowest BCUT2D eigenvalue weighted by Crippen LogP contribution is -1.92. The standard InChI is InChI=1S/C14H9FN2O2S/c15-12-6-5-10(8-16)11(7-12)9-20-14-4-2-1-3-13(14)17(18)19/h1-7H,9H2. The number of nitrogens with zero attached hydrogens (tertiary/aromatic N) is 2. The molecule has 0 aliphatic rings. The Hall–Kier alpha value is -2.39. The Morgan fingerprint density at radius 1 is 1.30 bits per heavy atom. The summed E-state index contributed by atoms with van der Waals surface area (Å²) in [5.74, 6) is -0.131. The SMILES string of the molecule is N#Cc1ccc(F)cc1CSc1ccccc1[N+](=O)[O-]. The van der Waals surface area contributed by atoms with E-state index in [0.717, 1.165) is 0 Å². The molecule has 2 aromatic carbocycles. The second-order valence-corrected chi connectivity index (χ2v) is 4.94. The summed E-state index contributed by atoms with van der Waals surface area (Å²) in [7, 11) is 0. The Morgan fingerprint density at radius 3 is 2.75 bits per heavy atom. The first kappa shape index (κ1) is 14.0. The van der Waals surface area contributed by atoms with Crippen molar-refractivity contribution in [3.05, 3.63) is 69.5 Å². The van der Waals surface area contributed by atoms with E-state index in [4.69, 9.17) is 5.26 Å². The smallest absolute Gasteiger partial charge is 0.258 e. The normalized spacial score (nSPS) is 10.0. The number of hydrogen-bond donors (Lipinski definition) is 0. The van der Waals surface area contributed by atoms with Gasteiger partial charge in [-0.3, -0.25) is 10.1 Å². The number of nitriles is 1. The van der Waals surface area contributed by atoms with Gasteiger partial charge < -0.3 is 0 Å². The van der Waals surface area contributed by atoms with Gasteiger partial charge in [0.2, 0.25) is 0 Å². The van der Waals surface area contributed by atoms with Gasteiger partial charge in [0.1, 0.15) is 5.82 Å². The van der Waals surface area contributed by atoms with Crippen LogP contribution in [0, 0.1) is 27.3 Å². The van der Waals surface area contributed by atoms with E-state index in [0.29, 0.717) is 21.8 Å². The molecule has 4 nitrogen and oxygen atoms in total. The molecule has 0 atom stereocenters. The van der Waals surface area contributed by atoms with Crippen LogP contribution < -0.4 is 0 Å². The summed E-state index contributed by atoms with van der Waals surface area (Å²) < 4.78 is 13.2. The largest absolute Gasteiger partial charge is 0.282 e. The van der Waals surface area contributed by atoms with Gasteiger partial charge in [0, 0.05) is 11.8 Å². The van der Waals surface area contributed by atoms with Crippen LogP contribution in [0.2, 0.25) is 0 Å². The monoisotopic (exact) mass is 288 g/mol. The fourth-order valence-corrected chi connectivity index (χ4v) is 2.69. The topological polar surface area (TPSA) is 66.9 Å². The zero-order chi connectivity index (χ0) is 14.5. The van der Waals surface area contributed by atoms with Gasteiger partial charge >= 0.3 is 0 Å². The van der Waals surface area contributed by atoms with Crippen molar-refractivity contribution in [1.82, 2.24) is 0 Å². The summed E-state index contributed by atoms with van der Waals surface area (Å²) in [6.07, 6.45) is 0. The minimum atomic E-state index is -0.459. The minimum absolute atomic E-state index is 0.00686. The van der Waals surface area contributed by atoms with Crippen molar-refractivity contribution in [2.45, 2.75) is 10.6 Å². The molecular formula is C14H9FN2O2S. The van der Waals surface area contributed by atoms with Crippen LogP contribution >= 0.6 is 11.8 Å². The van der Waals surface area contributed by atoms with Crippen molar-refractivity contribution in [2.75, 3.05) is 0 Å². The second-order valence-electron chi connectivity index (χ2n) is 3.93. The number of thioether (sulfide) groups is 1. The van der Waals surface area contributed by atoms with Crippen LogP contribution in [0.1, 0.15) is 11.1 Å². The average molecular weight is 288 g/mol. The molecule has 0 N–H and O–H groups in total. The number of benzene rings is 2. The van der Waals surface area contributed by atoms with E-state index in [1.165, 1.54) is 36.0 Å². The van der Waals surface area contributed by atoms with E-state index in [-0.39, 0.29) is 5.69 Å². The summed E-state index contributed by atoms with van der Waals surface area (Å²) >= 11 is 1.21. The molecule has 0 bridgehead atoms. The van der Waals surface area contributed by atoms with Crippen LogP contribution in [0.15, 0.2) is 47.4 Å². The van der Waals surface area contributed by atoms with E-state index in [9.17, 15) is 14.5 Å². The number of nitro benzene ring substituents is 1. The minimum Gasteiger partial charge on any atom is -0.258 e. The maximum Gasteiger partial charge on any atom is 0.282 e. The third kappa shape index (κ3) is 3.13. The first-order chi connectivity index (χ1) is 9.61. The molecule has 0 saturated carbocycles. The van der Waals surface area contributed by atoms with Crippen molar-refractivity contribution < 1.29 is 9.31 Å². The molecular weight excluding hydrogens is 279 g/mol. The number of halogens is 1. The van der Waals surface area contributed by atoms with E-state index in [2.05, 4.69) is 0 Å². The molecule has 0 aliphatic heterocycles. The molecule has 100 valence electrons. The Balaban J connectivity index is 2.24. The van der Waals surface area contributed by atoms with E-state index >= 15 is 0 Å². The molecule has 0 saturated heterocycles. The Labute approximate surface area is 119 Å². The molecule has 0 spiro atoms. The molecule has 2 rings (SSSR count). The summed E-state index contributed by atoms with van der Waals surface area (Å²) in [5.41, 5.74) is 0.903. The molecule has 0 aliphatic carbocycles. The van der Waals surface area contributed by atoms with Gasteiger partial charge in [0.25, 0.3) is 5.69 Å². The average Bonchev–Trinajstić information content (AvgIpc) is 2.45. The maximum absolute atomic E-state index is 13.2. The predicted molar refractivity (Wildman–Crippen MR) is 73.8 cm³/mol. The van der Waals surface area contributed by atoms with Gasteiger partial charge in [0.05, 0.1) is 21.5 Å². The lowest BCUT2D eigenvalue weighted by Gasteiger charge is -2.05. The first-order valence-corrected chi connectivity index (χ1v) is 6.65. The third-order valence-corrected chi connectivity index (χ3v) is 3.74. The lowest BCUT2D eigenvalue weighted by molar-refractivity contribution is -0.387. The molecule has 0 unspecified atom stereocenters. The van der Waals surface area contributed by atoms with Crippen LogP contribution in [0.4, 0.5) is 10.1 Å². The van der Waals surface area contributed by atoms with E-state index in [1.54, 1.807) is 18.2 Å². The molecule has 2 aromatic rings. The summed E-state index contributed by atoms with van der Waals surface area (Å²) in [5, 5.41) is 19.8. The Morgan fingerprint density at radius 2 is 2.05 bits per heavy atom. The van der Waals surface area contributed by atoms with Crippen molar-refractivity contribution in [3.8, 4) is 6.07 Å². The van der Waals surface area contributed by atoms with Crippen LogP contribution in [0.3, 0.4) is 0 Å². The van der Waals surface area contributed by atoms with Crippen LogP contribution in [-0.2, 0) is 5.75 Å². The number of rotatable bonds is 4. The molecule has 20 heavy (non-hydrogen) atoms. The van der Waals surface area contributed by atoms with Crippen molar-refractivity contribution in [1.29, 1.82) is 5.26 Å². The molecule has 0 radical (unpaired) electrons. The zero-order valence-corrected chi connectivity index (χ0v) is 11.1. The Kier molecular flexibility index (Phi) is 4.33. The number of para-hydroxylation sites is 1. The molecule has 0 fully saturated rings. The van der Waals surface area contributed by atoms with Gasteiger partial charge in [-0.25, -0.2) is 4.39 Å². The molecule has 6 heteroatoms. The van der Waals surface area contributed by atoms with Crippen LogP contribution in [-0.4, -0.2) is 4.92 Å². The third-order valence-electron chi connectivity index (χ3n) is 2.63. The zero-order valence-electron chi connectivity index (χ0n) is 10.2. The van der Waals surface area contributed by atoms with Crippen LogP contribution in [0.5, 0.6) is 0 Å². The van der Waals surface area contributed by atoms with Gasteiger partial charge in [-0.2, -0.15) is 5.26 Å². The highest BCUT2D eigenvalue weighted by molar-refractivity contribution is 7.98. The summed E-state index contributed by atoms with van der Waals surface area (Å²) in [4.78, 5) is 10.9. The summed E-state index contributed by atoms with van der Waals surface area (Å²) in [6.45, 7) is 0.